The van der Waals surface area contributed by atoms with E-state index in [9.17, 15) is 0 Å². The number of aliphatic hydroxyl groups is 1. The van der Waals surface area contributed by atoms with E-state index in [2.05, 4.69) is 33.0 Å². The van der Waals surface area contributed by atoms with Crippen LogP contribution in [0.4, 0.5) is 0 Å². The van der Waals surface area contributed by atoms with Gasteiger partial charge in [0.15, 0.2) is 0 Å². The highest BCUT2D eigenvalue weighted by Crippen LogP contribution is 2.41. The minimum Gasteiger partial charge on any atom is -0.396 e. The maximum atomic E-state index is 8.97. The Morgan fingerprint density at radius 1 is 1.40 bits per heavy atom. The van der Waals surface area contributed by atoms with E-state index in [0.717, 1.165) is 18.8 Å². The molecule has 90 valence electrons. The van der Waals surface area contributed by atoms with E-state index in [1.165, 1.54) is 12.8 Å². The van der Waals surface area contributed by atoms with E-state index >= 15 is 0 Å². The summed E-state index contributed by atoms with van der Waals surface area (Å²) in [6.45, 7) is 9.56. The van der Waals surface area contributed by atoms with Gasteiger partial charge < -0.3 is 10.4 Å². The van der Waals surface area contributed by atoms with E-state index in [1.54, 1.807) is 0 Å². The third-order valence-corrected chi connectivity index (χ3v) is 3.75. The van der Waals surface area contributed by atoms with Crippen LogP contribution in [0.1, 0.15) is 53.4 Å². The molecule has 3 unspecified atom stereocenters. The molecule has 0 aromatic heterocycles. The normalized spacial score (nSPS) is 31.8. The molecule has 0 bridgehead atoms. The number of rotatable bonds is 5. The molecule has 1 rings (SSSR count). The molecule has 0 spiro atoms. The molecular weight excluding hydrogens is 186 g/mol. The van der Waals surface area contributed by atoms with E-state index < -0.39 is 0 Å². The maximum absolute atomic E-state index is 8.97. The molecule has 1 fully saturated rings. The Morgan fingerprint density at radius 2 is 2.07 bits per heavy atom. The molecule has 2 heteroatoms. The van der Waals surface area contributed by atoms with E-state index in [1.807, 2.05) is 0 Å². The summed E-state index contributed by atoms with van der Waals surface area (Å²) in [6.07, 6.45) is 4.60. The van der Waals surface area contributed by atoms with Gasteiger partial charge in [-0.1, -0.05) is 27.7 Å². The van der Waals surface area contributed by atoms with Crippen LogP contribution >= 0.6 is 0 Å². The van der Waals surface area contributed by atoms with Gasteiger partial charge in [-0.2, -0.15) is 0 Å². The number of nitrogens with one attached hydrogen (secondary N) is 1. The first-order valence-electron chi connectivity index (χ1n) is 6.35. The van der Waals surface area contributed by atoms with Crippen LogP contribution in [0, 0.1) is 11.3 Å². The quantitative estimate of drug-likeness (QED) is 0.735. The van der Waals surface area contributed by atoms with Gasteiger partial charge in [0.25, 0.3) is 0 Å². The average molecular weight is 213 g/mol. The van der Waals surface area contributed by atoms with Crippen LogP contribution in [0.15, 0.2) is 0 Å². The average Bonchev–Trinajstić information content (AvgIpc) is 2.39. The molecular formula is C13H27NO. The minimum absolute atomic E-state index is 0.302. The fraction of sp³-hybridized carbons (Fsp3) is 1.00. The lowest BCUT2D eigenvalue weighted by molar-refractivity contribution is 0.247. The van der Waals surface area contributed by atoms with Crippen LogP contribution in [0.2, 0.25) is 0 Å². The zero-order valence-electron chi connectivity index (χ0n) is 10.7. The monoisotopic (exact) mass is 213 g/mol. The molecule has 1 aliphatic carbocycles. The molecule has 0 amide bonds. The number of aliphatic hydroxyl groups excluding tert-OH is 1. The van der Waals surface area contributed by atoms with Gasteiger partial charge in [-0.3, -0.25) is 0 Å². The predicted octanol–water partition coefficient (Wildman–Crippen LogP) is 2.56. The standard InChI is InChI=1S/C13H27NO/c1-5-11(6-7-15)14-12-9-13(3,4)8-10(12)2/h10-12,14-15H,5-9H2,1-4H3. The molecule has 3 atom stereocenters. The molecule has 0 saturated heterocycles. The minimum atomic E-state index is 0.302. The largest absolute Gasteiger partial charge is 0.396 e. The smallest absolute Gasteiger partial charge is 0.0445 e. The van der Waals surface area contributed by atoms with Crippen molar-refractivity contribution in [2.75, 3.05) is 6.61 Å². The Morgan fingerprint density at radius 3 is 2.47 bits per heavy atom. The van der Waals surface area contributed by atoms with Gasteiger partial charge in [-0.15, -0.1) is 0 Å². The highest BCUT2D eigenvalue weighted by atomic mass is 16.3. The molecule has 1 aliphatic rings. The Balaban J connectivity index is 2.44. The van der Waals surface area contributed by atoms with E-state index in [4.69, 9.17) is 5.11 Å². The van der Waals surface area contributed by atoms with Crippen LogP contribution in [0.5, 0.6) is 0 Å². The summed E-state index contributed by atoms with van der Waals surface area (Å²) in [6, 6.07) is 1.15. The third-order valence-electron chi connectivity index (χ3n) is 3.75. The lowest BCUT2D eigenvalue weighted by Crippen LogP contribution is -2.40. The van der Waals surface area contributed by atoms with Crippen molar-refractivity contribution in [2.24, 2.45) is 11.3 Å². The highest BCUT2D eigenvalue weighted by molar-refractivity contribution is 4.92. The summed E-state index contributed by atoms with van der Waals surface area (Å²) >= 11 is 0. The summed E-state index contributed by atoms with van der Waals surface area (Å²) in [5.74, 6) is 0.771. The zero-order chi connectivity index (χ0) is 11.5. The maximum Gasteiger partial charge on any atom is 0.0445 e. The van der Waals surface area contributed by atoms with Crippen LogP contribution in [0.25, 0.3) is 0 Å². The Labute approximate surface area is 94.5 Å². The van der Waals surface area contributed by atoms with Crippen molar-refractivity contribution in [3.8, 4) is 0 Å². The third kappa shape index (κ3) is 3.76. The number of hydrogen-bond donors (Lipinski definition) is 2. The highest BCUT2D eigenvalue weighted by Gasteiger charge is 2.36. The van der Waals surface area contributed by atoms with Gasteiger partial charge >= 0.3 is 0 Å². The van der Waals surface area contributed by atoms with Gasteiger partial charge in [-0.25, -0.2) is 0 Å². The van der Waals surface area contributed by atoms with Gasteiger partial charge in [0.2, 0.25) is 0 Å². The van der Waals surface area contributed by atoms with Gasteiger partial charge in [0, 0.05) is 18.7 Å². The van der Waals surface area contributed by atoms with Crippen molar-refractivity contribution in [1.29, 1.82) is 0 Å². The summed E-state index contributed by atoms with van der Waals surface area (Å²) in [5, 5.41) is 12.7. The summed E-state index contributed by atoms with van der Waals surface area (Å²) in [4.78, 5) is 0. The SMILES string of the molecule is CCC(CCO)NC1CC(C)(C)CC1C. The Kier molecular flexibility index (Phi) is 4.60. The fourth-order valence-electron chi connectivity index (χ4n) is 2.98. The first kappa shape index (κ1) is 13.0. The molecule has 0 heterocycles. The Bertz CT molecular complexity index is 191. The zero-order valence-corrected chi connectivity index (χ0v) is 10.7. The van der Waals surface area contributed by atoms with Gasteiger partial charge in [0.05, 0.1) is 0 Å². The lowest BCUT2D eigenvalue weighted by Gasteiger charge is -2.24. The molecule has 0 radical (unpaired) electrons. The van der Waals surface area contributed by atoms with Crippen LogP contribution in [-0.4, -0.2) is 23.8 Å². The van der Waals surface area contributed by atoms with Crippen LogP contribution in [-0.2, 0) is 0 Å². The second-order valence-electron chi connectivity index (χ2n) is 5.94. The molecule has 0 aliphatic heterocycles. The van der Waals surface area contributed by atoms with Crippen molar-refractivity contribution in [3.05, 3.63) is 0 Å². The molecule has 0 aromatic carbocycles. The van der Waals surface area contributed by atoms with Gasteiger partial charge in [-0.05, 0) is 37.0 Å². The Hall–Kier alpha value is -0.0800. The summed E-state index contributed by atoms with van der Waals surface area (Å²) in [5.41, 5.74) is 0.495. The van der Waals surface area contributed by atoms with E-state index in [0.29, 0.717) is 24.1 Å². The lowest BCUT2D eigenvalue weighted by atomic mass is 9.91. The fourth-order valence-corrected chi connectivity index (χ4v) is 2.98. The molecule has 2 N–H and O–H groups in total. The van der Waals surface area contributed by atoms with Crippen molar-refractivity contribution < 1.29 is 5.11 Å². The molecule has 15 heavy (non-hydrogen) atoms. The van der Waals surface area contributed by atoms with Crippen molar-refractivity contribution >= 4 is 0 Å². The van der Waals surface area contributed by atoms with Crippen LogP contribution < -0.4 is 5.32 Å². The first-order chi connectivity index (χ1) is 6.98. The molecule has 1 saturated carbocycles. The van der Waals surface area contributed by atoms with Crippen LogP contribution in [0.3, 0.4) is 0 Å². The molecule has 2 nitrogen and oxygen atoms in total. The number of hydrogen-bond acceptors (Lipinski definition) is 2. The first-order valence-corrected chi connectivity index (χ1v) is 6.35. The second kappa shape index (κ2) is 5.31. The molecule has 0 aromatic rings. The second-order valence-corrected chi connectivity index (χ2v) is 5.94. The van der Waals surface area contributed by atoms with E-state index in [-0.39, 0.29) is 0 Å². The van der Waals surface area contributed by atoms with Gasteiger partial charge in [0.1, 0.15) is 0 Å². The summed E-state index contributed by atoms with van der Waals surface area (Å²) < 4.78 is 0. The summed E-state index contributed by atoms with van der Waals surface area (Å²) in [7, 11) is 0. The van der Waals surface area contributed by atoms with Crippen molar-refractivity contribution in [1.82, 2.24) is 5.32 Å². The van der Waals surface area contributed by atoms with Crippen molar-refractivity contribution in [2.45, 2.75) is 65.5 Å². The topological polar surface area (TPSA) is 32.3 Å². The van der Waals surface area contributed by atoms with Crippen molar-refractivity contribution in [3.63, 3.8) is 0 Å². The predicted molar refractivity (Wildman–Crippen MR) is 64.9 cm³/mol.